The van der Waals surface area contributed by atoms with Crippen LogP contribution >= 0.6 is 0 Å². The molecule has 1 aromatic rings. The molecule has 1 aliphatic carbocycles. The highest BCUT2D eigenvalue weighted by Gasteiger charge is 2.30. The molecule has 2 heteroatoms. The van der Waals surface area contributed by atoms with E-state index in [0.717, 1.165) is 25.7 Å². The molecule has 1 unspecified atom stereocenters. The Morgan fingerprint density at radius 1 is 1.22 bits per heavy atom. The molecule has 0 saturated heterocycles. The number of hydrogen-bond acceptors (Lipinski definition) is 2. The van der Waals surface area contributed by atoms with Crippen LogP contribution in [-0.2, 0) is 0 Å². The zero-order valence-corrected chi connectivity index (χ0v) is 11.8. The second kappa shape index (κ2) is 5.41. The van der Waals surface area contributed by atoms with Crippen molar-refractivity contribution < 1.29 is 5.11 Å². The SMILES string of the molecule is Cc1ccc(C(C)NCC2(O)CCCC2)cc1C. The third-order valence-electron chi connectivity index (χ3n) is 4.30. The normalized spacial score (nSPS) is 20.0. The maximum atomic E-state index is 10.3. The molecule has 0 aliphatic heterocycles. The molecule has 0 amide bonds. The molecule has 18 heavy (non-hydrogen) atoms. The van der Waals surface area contributed by atoms with Gasteiger partial charge in [-0.15, -0.1) is 0 Å². The van der Waals surface area contributed by atoms with Crippen molar-refractivity contribution in [1.82, 2.24) is 5.32 Å². The summed E-state index contributed by atoms with van der Waals surface area (Å²) in [6, 6.07) is 6.89. The summed E-state index contributed by atoms with van der Waals surface area (Å²) in [6.45, 7) is 7.16. The molecule has 1 fully saturated rings. The van der Waals surface area contributed by atoms with Crippen LogP contribution in [0.25, 0.3) is 0 Å². The van der Waals surface area contributed by atoms with Crippen LogP contribution in [0.3, 0.4) is 0 Å². The molecule has 2 nitrogen and oxygen atoms in total. The first-order valence-corrected chi connectivity index (χ1v) is 7.03. The highest BCUT2D eigenvalue weighted by Crippen LogP contribution is 2.29. The second-order valence-corrected chi connectivity index (χ2v) is 5.88. The predicted molar refractivity (Wildman–Crippen MR) is 75.8 cm³/mol. The van der Waals surface area contributed by atoms with Gasteiger partial charge in [0.25, 0.3) is 0 Å². The van der Waals surface area contributed by atoms with Crippen molar-refractivity contribution in [3.05, 3.63) is 34.9 Å². The summed E-state index contributed by atoms with van der Waals surface area (Å²) in [6.07, 6.45) is 4.21. The van der Waals surface area contributed by atoms with E-state index in [-0.39, 0.29) is 0 Å². The molecule has 0 radical (unpaired) electrons. The van der Waals surface area contributed by atoms with Crippen LogP contribution in [0.1, 0.15) is 55.3 Å². The minimum atomic E-state index is -0.464. The van der Waals surface area contributed by atoms with Crippen LogP contribution in [0.5, 0.6) is 0 Å². The lowest BCUT2D eigenvalue weighted by atomic mass is 9.99. The van der Waals surface area contributed by atoms with Gasteiger partial charge in [-0.05, 0) is 50.3 Å². The minimum absolute atomic E-state index is 0.300. The Morgan fingerprint density at radius 2 is 1.89 bits per heavy atom. The zero-order chi connectivity index (χ0) is 13.2. The zero-order valence-electron chi connectivity index (χ0n) is 11.8. The van der Waals surface area contributed by atoms with Crippen LogP contribution in [0.2, 0.25) is 0 Å². The highest BCUT2D eigenvalue weighted by molar-refractivity contribution is 5.31. The molecule has 1 atom stereocenters. The molecule has 0 aromatic heterocycles. The smallest absolute Gasteiger partial charge is 0.0771 e. The minimum Gasteiger partial charge on any atom is -0.389 e. The van der Waals surface area contributed by atoms with Gasteiger partial charge in [-0.3, -0.25) is 0 Å². The summed E-state index contributed by atoms with van der Waals surface area (Å²) in [5.74, 6) is 0. The average Bonchev–Trinajstić information content (AvgIpc) is 2.77. The first-order chi connectivity index (χ1) is 8.50. The molecule has 2 rings (SSSR count). The van der Waals surface area contributed by atoms with E-state index in [1.807, 2.05) is 0 Å². The standard InChI is InChI=1S/C16H25NO/c1-12-6-7-15(10-13(12)2)14(3)17-11-16(18)8-4-5-9-16/h6-7,10,14,17-18H,4-5,8-9,11H2,1-3H3. The molecular formula is C16H25NO. The van der Waals surface area contributed by atoms with Crippen molar-refractivity contribution >= 4 is 0 Å². The Morgan fingerprint density at radius 3 is 2.50 bits per heavy atom. The van der Waals surface area contributed by atoms with E-state index in [1.54, 1.807) is 0 Å². The third-order valence-corrected chi connectivity index (χ3v) is 4.30. The summed E-state index contributed by atoms with van der Waals surface area (Å²) in [5.41, 5.74) is 3.51. The molecule has 0 spiro atoms. The number of hydrogen-bond donors (Lipinski definition) is 2. The maximum Gasteiger partial charge on any atom is 0.0771 e. The van der Waals surface area contributed by atoms with Gasteiger partial charge in [0.2, 0.25) is 0 Å². The summed E-state index contributed by atoms with van der Waals surface area (Å²) in [7, 11) is 0. The van der Waals surface area contributed by atoms with Gasteiger partial charge in [0.15, 0.2) is 0 Å². The van der Waals surface area contributed by atoms with Crippen molar-refractivity contribution in [2.45, 2.75) is 58.1 Å². The topological polar surface area (TPSA) is 32.3 Å². The van der Waals surface area contributed by atoms with Crippen molar-refractivity contribution in [2.24, 2.45) is 0 Å². The quantitative estimate of drug-likeness (QED) is 0.856. The van der Waals surface area contributed by atoms with Crippen LogP contribution in [-0.4, -0.2) is 17.3 Å². The summed E-state index contributed by atoms with van der Waals surface area (Å²) >= 11 is 0. The Hall–Kier alpha value is -0.860. The monoisotopic (exact) mass is 247 g/mol. The molecule has 1 aliphatic rings. The number of aliphatic hydroxyl groups is 1. The van der Waals surface area contributed by atoms with E-state index < -0.39 is 5.60 Å². The van der Waals surface area contributed by atoms with Gasteiger partial charge in [0, 0.05) is 12.6 Å². The van der Waals surface area contributed by atoms with Gasteiger partial charge in [0.1, 0.15) is 0 Å². The molecule has 2 N–H and O–H groups in total. The Balaban J connectivity index is 1.94. The van der Waals surface area contributed by atoms with Crippen molar-refractivity contribution in [1.29, 1.82) is 0 Å². The molecule has 1 saturated carbocycles. The Labute approximate surface area is 110 Å². The summed E-state index contributed by atoms with van der Waals surface area (Å²) < 4.78 is 0. The van der Waals surface area contributed by atoms with Crippen LogP contribution in [0, 0.1) is 13.8 Å². The summed E-state index contributed by atoms with van der Waals surface area (Å²) in [5, 5.41) is 13.8. The second-order valence-electron chi connectivity index (χ2n) is 5.88. The molecular weight excluding hydrogens is 222 g/mol. The fourth-order valence-electron chi connectivity index (χ4n) is 2.70. The highest BCUT2D eigenvalue weighted by atomic mass is 16.3. The fourth-order valence-corrected chi connectivity index (χ4v) is 2.70. The van der Waals surface area contributed by atoms with Gasteiger partial charge in [-0.2, -0.15) is 0 Å². The van der Waals surface area contributed by atoms with Gasteiger partial charge < -0.3 is 10.4 Å². The van der Waals surface area contributed by atoms with Crippen molar-refractivity contribution in [2.75, 3.05) is 6.54 Å². The first-order valence-electron chi connectivity index (χ1n) is 7.03. The lowest BCUT2D eigenvalue weighted by Crippen LogP contribution is -2.39. The molecule has 1 aromatic carbocycles. The lowest BCUT2D eigenvalue weighted by Gasteiger charge is -2.25. The fraction of sp³-hybridized carbons (Fsp3) is 0.625. The largest absolute Gasteiger partial charge is 0.389 e. The molecule has 100 valence electrons. The van der Waals surface area contributed by atoms with Crippen molar-refractivity contribution in [3.63, 3.8) is 0 Å². The van der Waals surface area contributed by atoms with Gasteiger partial charge in [-0.25, -0.2) is 0 Å². The number of benzene rings is 1. The summed E-state index contributed by atoms with van der Waals surface area (Å²) in [4.78, 5) is 0. The average molecular weight is 247 g/mol. The van der Waals surface area contributed by atoms with E-state index >= 15 is 0 Å². The van der Waals surface area contributed by atoms with Gasteiger partial charge in [-0.1, -0.05) is 31.0 Å². The number of rotatable bonds is 4. The lowest BCUT2D eigenvalue weighted by molar-refractivity contribution is 0.0453. The van der Waals surface area contributed by atoms with Crippen LogP contribution < -0.4 is 5.32 Å². The van der Waals surface area contributed by atoms with Crippen LogP contribution in [0.15, 0.2) is 18.2 Å². The predicted octanol–water partition coefficient (Wildman–Crippen LogP) is 3.26. The van der Waals surface area contributed by atoms with E-state index in [0.29, 0.717) is 12.6 Å². The number of nitrogens with one attached hydrogen (secondary N) is 1. The molecule has 0 heterocycles. The van der Waals surface area contributed by atoms with Gasteiger partial charge in [0.05, 0.1) is 5.60 Å². The van der Waals surface area contributed by atoms with E-state index in [4.69, 9.17) is 0 Å². The Kier molecular flexibility index (Phi) is 4.08. The first kappa shape index (κ1) is 13.6. The Bertz CT molecular complexity index is 408. The molecule has 0 bridgehead atoms. The van der Waals surface area contributed by atoms with E-state index in [2.05, 4.69) is 44.3 Å². The third kappa shape index (κ3) is 3.12. The number of aryl methyl sites for hydroxylation is 2. The van der Waals surface area contributed by atoms with Crippen molar-refractivity contribution in [3.8, 4) is 0 Å². The maximum absolute atomic E-state index is 10.3. The van der Waals surface area contributed by atoms with E-state index in [1.165, 1.54) is 16.7 Å². The van der Waals surface area contributed by atoms with Gasteiger partial charge >= 0.3 is 0 Å². The van der Waals surface area contributed by atoms with E-state index in [9.17, 15) is 5.11 Å². The van der Waals surface area contributed by atoms with Crippen LogP contribution in [0.4, 0.5) is 0 Å².